The lowest BCUT2D eigenvalue weighted by atomic mass is 9.99. The number of hydrogen-bond donors (Lipinski definition) is 2. The van der Waals surface area contributed by atoms with Crippen molar-refractivity contribution in [3.8, 4) is 11.5 Å². The number of likely N-dealkylation sites (tertiary alicyclic amines) is 1. The van der Waals surface area contributed by atoms with Gasteiger partial charge in [0.2, 0.25) is 6.79 Å². The van der Waals surface area contributed by atoms with Crippen LogP contribution in [-0.4, -0.2) is 46.0 Å². The molecule has 0 spiro atoms. The highest BCUT2D eigenvalue weighted by atomic mass is 16.7. The van der Waals surface area contributed by atoms with E-state index in [4.69, 9.17) is 19.4 Å². The highest BCUT2D eigenvalue weighted by molar-refractivity contribution is 5.92. The molecule has 5 rings (SSSR count). The van der Waals surface area contributed by atoms with Gasteiger partial charge < -0.3 is 19.9 Å². The van der Waals surface area contributed by atoms with Crippen LogP contribution in [0.3, 0.4) is 0 Å². The van der Waals surface area contributed by atoms with E-state index in [9.17, 15) is 5.11 Å². The van der Waals surface area contributed by atoms with Crippen molar-refractivity contribution in [3.05, 3.63) is 47.8 Å². The minimum atomic E-state index is 0.218. The van der Waals surface area contributed by atoms with Crippen LogP contribution < -0.4 is 14.8 Å². The Labute approximate surface area is 182 Å². The van der Waals surface area contributed by atoms with Crippen LogP contribution in [0.25, 0.3) is 10.9 Å². The Kier molecular flexibility index (Phi) is 5.61. The van der Waals surface area contributed by atoms with E-state index >= 15 is 0 Å². The lowest BCUT2D eigenvalue weighted by molar-refractivity contribution is 0.110. The Morgan fingerprint density at radius 1 is 1.13 bits per heavy atom. The summed E-state index contributed by atoms with van der Waals surface area (Å²) in [6.45, 7) is 4.26. The van der Waals surface area contributed by atoms with Crippen LogP contribution in [0.15, 0.2) is 36.4 Å². The Morgan fingerprint density at radius 3 is 2.94 bits per heavy atom. The maximum absolute atomic E-state index is 9.47. The van der Waals surface area contributed by atoms with Crippen LogP contribution >= 0.6 is 0 Å². The third-order valence-corrected chi connectivity index (χ3v) is 6.17. The number of fused-ring (bicyclic) bond motifs is 2. The first kappa shape index (κ1) is 20.0. The quantitative estimate of drug-likeness (QED) is 0.620. The number of benzene rings is 2. The molecule has 0 aliphatic carbocycles. The molecule has 2 aromatic carbocycles. The van der Waals surface area contributed by atoms with Gasteiger partial charge in [0.15, 0.2) is 11.5 Å². The zero-order valence-corrected chi connectivity index (χ0v) is 17.8. The van der Waals surface area contributed by atoms with Crippen LogP contribution in [-0.2, 0) is 6.54 Å². The predicted octanol–water partition coefficient (Wildman–Crippen LogP) is 4.15. The fraction of sp³-hybridized carbons (Fsp3) is 0.417. The van der Waals surface area contributed by atoms with Gasteiger partial charge in [0.1, 0.15) is 11.6 Å². The fourth-order valence-corrected chi connectivity index (χ4v) is 4.54. The van der Waals surface area contributed by atoms with Crippen molar-refractivity contribution >= 4 is 22.4 Å². The van der Waals surface area contributed by atoms with Gasteiger partial charge in [-0.1, -0.05) is 18.6 Å². The summed E-state index contributed by atoms with van der Waals surface area (Å²) in [5.74, 6) is 3.09. The highest BCUT2D eigenvalue weighted by Crippen LogP contribution is 2.36. The molecule has 7 nitrogen and oxygen atoms in total. The largest absolute Gasteiger partial charge is 0.454 e. The molecule has 3 aromatic rings. The van der Waals surface area contributed by atoms with E-state index in [1.54, 1.807) is 0 Å². The van der Waals surface area contributed by atoms with Gasteiger partial charge in [-0.2, -0.15) is 0 Å². The molecule has 0 bridgehead atoms. The van der Waals surface area contributed by atoms with Crippen LogP contribution in [0, 0.1) is 6.92 Å². The molecule has 2 N–H and O–H groups in total. The molecule has 0 radical (unpaired) electrons. The Bertz CT molecular complexity index is 1090. The van der Waals surface area contributed by atoms with Crippen molar-refractivity contribution in [2.75, 3.05) is 25.3 Å². The maximum Gasteiger partial charge on any atom is 0.231 e. The Hall–Kier alpha value is -2.90. The predicted molar refractivity (Wildman–Crippen MR) is 120 cm³/mol. The number of aryl methyl sites for hydroxylation is 1. The van der Waals surface area contributed by atoms with Crippen molar-refractivity contribution in [1.29, 1.82) is 0 Å². The molecule has 31 heavy (non-hydrogen) atoms. The number of hydrogen-bond acceptors (Lipinski definition) is 7. The number of aliphatic hydroxyl groups excluding tert-OH is 1. The van der Waals surface area contributed by atoms with E-state index in [-0.39, 0.29) is 13.4 Å². The maximum atomic E-state index is 9.47. The van der Waals surface area contributed by atoms with E-state index in [1.807, 2.05) is 24.3 Å². The fourth-order valence-electron chi connectivity index (χ4n) is 4.54. The molecule has 1 atom stereocenters. The van der Waals surface area contributed by atoms with Crippen LogP contribution in [0.5, 0.6) is 11.5 Å². The lowest BCUT2D eigenvalue weighted by Crippen LogP contribution is -2.39. The summed E-state index contributed by atoms with van der Waals surface area (Å²) in [7, 11) is 0. The second-order valence-electron chi connectivity index (χ2n) is 8.28. The third kappa shape index (κ3) is 4.16. The van der Waals surface area contributed by atoms with Gasteiger partial charge in [-0.25, -0.2) is 9.97 Å². The van der Waals surface area contributed by atoms with Gasteiger partial charge in [0, 0.05) is 29.8 Å². The number of aliphatic hydroxyl groups is 1. The number of aromatic nitrogens is 2. The minimum absolute atomic E-state index is 0.218. The van der Waals surface area contributed by atoms with Gasteiger partial charge in [0.25, 0.3) is 0 Å². The molecule has 3 heterocycles. The molecular formula is C24H28N4O3. The van der Waals surface area contributed by atoms with Gasteiger partial charge in [-0.3, -0.25) is 4.90 Å². The topological polar surface area (TPSA) is 79.7 Å². The van der Waals surface area contributed by atoms with Crippen LogP contribution in [0.1, 0.15) is 37.1 Å². The van der Waals surface area contributed by atoms with Gasteiger partial charge >= 0.3 is 0 Å². The van der Waals surface area contributed by atoms with Crippen molar-refractivity contribution in [2.45, 2.75) is 45.2 Å². The van der Waals surface area contributed by atoms with E-state index in [1.165, 1.54) is 12.8 Å². The number of rotatable bonds is 6. The van der Waals surface area contributed by atoms with Crippen molar-refractivity contribution in [3.63, 3.8) is 0 Å². The number of anilines is 2. The van der Waals surface area contributed by atoms with Crippen LogP contribution in [0.2, 0.25) is 0 Å². The molecule has 7 heteroatoms. The molecule has 0 amide bonds. The Morgan fingerprint density at radius 2 is 2.03 bits per heavy atom. The SMILES string of the molecule is Cc1cccc2c(Nc3ccc4c(c3)OCO4)nc(CN3CCCCC3CCO)nc12. The zero-order valence-electron chi connectivity index (χ0n) is 17.8. The van der Waals surface area contributed by atoms with E-state index in [0.29, 0.717) is 12.6 Å². The summed E-state index contributed by atoms with van der Waals surface area (Å²) in [5, 5.41) is 13.9. The second kappa shape index (κ2) is 8.69. The lowest BCUT2D eigenvalue weighted by Gasteiger charge is -2.35. The monoisotopic (exact) mass is 420 g/mol. The Balaban J connectivity index is 1.49. The molecule has 1 unspecified atom stereocenters. The van der Waals surface area contributed by atoms with E-state index < -0.39 is 0 Å². The number of piperidine rings is 1. The average Bonchev–Trinajstić information content (AvgIpc) is 3.24. The number of para-hydroxylation sites is 1. The third-order valence-electron chi connectivity index (χ3n) is 6.17. The summed E-state index contributed by atoms with van der Waals surface area (Å²) in [5.41, 5.74) is 2.99. The van der Waals surface area contributed by atoms with Gasteiger partial charge in [-0.15, -0.1) is 0 Å². The van der Waals surface area contributed by atoms with E-state index in [0.717, 1.165) is 64.7 Å². The first-order chi connectivity index (χ1) is 15.2. The summed E-state index contributed by atoms with van der Waals surface area (Å²) in [6, 6.07) is 12.4. The smallest absolute Gasteiger partial charge is 0.231 e. The van der Waals surface area contributed by atoms with Crippen molar-refractivity contribution < 1.29 is 14.6 Å². The second-order valence-corrected chi connectivity index (χ2v) is 8.28. The average molecular weight is 421 g/mol. The molecule has 0 saturated carbocycles. The molecule has 2 aliphatic rings. The molecule has 1 fully saturated rings. The molecule has 1 saturated heterocycles. The minimum Gasteiger partial charge on any atom is -0.454 e. The number of nitrogens with one attached hydrogen (secondary N) is 1. The standard InChI is InChI=1S/C24H28N4O3/c1-16-5-4-7-19-23(16)26-22(14-28-11-3-2-6-18(28)10-12-29)27-24(19)25-17-8-9-20-21(13-17)31-15-30-20/h4-5,7-9,13,18,29H,2-3,6,10-12,14-15H2,1H3,(H,25,26,27). The summed E-state index contributed by atoms with van der Waals surface area (Å²) < 4.78 is 10.9. The highest BCUT2D eigenvalue weighted by Gasteiger charge is 2.23. The first-order valence-corrected chi connectivity index (χ1v) is 11.0. The van der Waals surface area contributed by atoms with Crippen molar-refractivity contribution in [2.24, 2.45) is 0 Å². The molecule has 2 aliphatic heterocycles. The summed E-state index contributed by atoms with van der Waals surface area (Å²) in [4.78, 5) is 12.3. The van der Waals surface area contributed by atoms with Gasteiger partial charge in [-0.05, 0) is 56.5 Å². The number of nitrogens with zero attached hydrogens (tertiary/aromatic N) is 3. The first-order valence-electron chi connectivity index (χ1n) is 11.0. The summed E-state index contributed by atoms with van der Waals surface area (Å²) >= 11 is 0. The van der Waals surface area contributed by atoms with Gasteiger partial charge in [0.05, 0.1) is 12.1 Å². The number of ether oxygens (including phenoxy) is 2. The molecule has 1 aromatic heterocycles. The van der Waals surface area contributed by atoms with E-state index in [2.05, 4.69) is 29.3 Å². The molecule has 162 valence electrons. The summed E-state index contributed by atoms with van der Waals surface area (Å²) in [6.07, 6.45) is 4.32. The normalized spacial score (nSPS) is 18.5. The van der Waals surface area contributed by atoms with Crippen molar-refractivity contribution in [1.82, 2.24) is 14.9 Å². The zero-order chi connectivity index (χ0) is 21.2. The van der Waals surface area contributed by atoms with Crippen LogP contribution in [0.4, 0.5) is 11.5 Å². The molecular weight excluding hydrogens is 392 g/mol.